The van der Waals surface area contributed by atoms with Crippen LogP contribution >= 0.6 is 11.6 Å². The molecule has 2 aromatic rings. The summed E-state index contributed by atoms with van der Waals surface area (Å²) in [5.74, 6) is -0.112. The Balaban J connectivity index is 2.18. The van der Waals surface area contributed by atoms with Gasteiger partial charge in [-0.3, -0.25) is 4.79 Å². The molecule has 1 heterocycles. The second-order valence-electron chi connectivity index (χ2n) is 3.26. The molecule has 0 fully saturated rings. The third kappa shape index (κ3) is 2.28. The van der Waals surface area contributed by atoms with Crippen LogP contribution in [0, 0.1) is 5.82 Å². The first-order chi connectivity index (χ1) is 7.66. The van der Waals surface area contributed by atoms with E-state index in [9.17, 15) is 9.18 Å². The molecule has 0 radical (unpaired) electrons. The number of rotatable bonds is 3. The number of carbonyl (C=O) groups is 1. The number of halogens is 2. The van der Waals surface area contributed by atoms with Crippen LogP contribution < -0.4 is 0 Å². The summed E-state index contributed by atoms with van der Waals surface area (Å²) < 4.78 is 12.9. The van der Waals surface area contributed by atoms with E-state index >= 15 is 0 Å². The largest absolute Gasteiger partial charge is 0.348 e. The van der Waals surface area contributed by atoms with E-state index in [1.165, 1.54) is 18.2 Å². The van der Waals surface area contributed by atoms with Gasteiger partial charge in [0.15, 0.2) is 5.78 Å². The number of carbonyl (C=O) groups excluding carboxylic acids is 1. The highest BCUT2D eigenvalue weighted by Crippen LogP contribution is 2.17. The Bertz CT molecular complexity index is 511. The first kappa shape index (κ1) is 10.8. The maximum atomic E-state index is 12.9. The van der Waals surface area contributed by atoms with Gasteiger partial charge in [0.25, 0.3) is 0 Å². The van der Waals surface area contributed by atoms with Gasteiger partial charge in [-0.1, -0.05) is 11.6 Å². The fraction of sp³-hybridized carbons (Fsp3) is 0.0909. The number of Topliss-reactive ketones (excluding diaryl/α,β-unsaturated/α-hetero) is 1. The molecule has 0 aliphatic heterocycles. The molecule has 0 aliphatic carbocycles. The summed E-state index contributed by atoms with van der Waals surface area (Å²) in [4.78, 5) is 18.5. The number of nitrogens with one attached hydrogen (secondary N) is 1. The SMILES string of the molecule is O=C(Cc1ncc[nH]1)c1ccc(F)c(Cl)c1. The summed E-state index contributed by atoms with van der Waals surface area (Å²) in [5, 5.41) is -0.0507. The highest BCUT2D eigenvalue weighted by molar-refractivity contribution is 6.31. The van der Waals surface area contributed by atoms with Crippen molar-refractivity contribution in [1.29, 1.82) is 0 Å². The van der Waals surface area contributed by atoms with Crippen molar-refractivity contribution >= 4 is 17.4 Å². The van der Waals surface area contributed by atoms with Crippen LogP contribution in [-0.4, -0.2) is 15.8 Å². The molecule has 0 bridgehead atoms. The lowest BCUT2D eigenvalue weighted by Gasteiger charge is -2.00. The summed E-state index contributed by atoms with van der Waals surface area (Å²) >= 11 is 5.59. The van der Waals surface area contributed by atoms with Gasteiger partial charge in [0.05, 0.1) is 11.4 Å². The van der Waals surface area contributed by atoms with Gasteiger partial charge in [-0.05, 0) is 18.2 Å². The minimum Gasteiger partial charge on any atom is -0.348 e. The summed E-state index contributed by atoms with van der Waals surface area (Å²) in [5.41, 5.74) is 0.378. The number of aromatic amines is 1. The van der Waals surface area contributed by atoms with Gasteiger partial charge in [-0.15, -0.1) is 0 Å². The lowest BCUT2D eigenvalue weighted by Crippen LogP contribution is -2.05. The Labute approximate surface area is 96.3 Å². The van der Waals surface area contributed by atoms with Crippen molar-refractivity contribution in [2.24, 2.45) is 0 Å². The predicted octanol–water partition coefficient (Wildman–Crippen LogP) is 2.63. The van der Waals surface area contributed by atoms with E-state index in [-0.39, 0.29) is 17.2 Å². The molecule has 0 saturated carbocycles. The molecule has 82 valence electrons. The van der Waals surface area contributed by atoms with Crippen molar-refractivity contribution in [3.8, 4) is 0 Å². The molecular formula is C11H8ClFN2O. The van der Waals surface area contributed by atoms with Crippen LogP contribution in [0.15, 0.2) is 30.6 Å². The quantitative estimate of drug-likeness (QED) is 0.836. The minimum atomic E-state index is -0.531. The normalized spacial score (nSPS) is 10.4. The molecule has 0 aliphatic rings. The molecule has 0 amide bonds. The van der Waals surface area contributed by atoms with Crippen LogP contribution in [0.5, 0.6) is 0 Å². The summed E-state index contributed by atoms with van der Waals surface area (Å²) in [6.07, 6.45) is 3.36. The van der Waals surface area contributed by atoms with Crippen LogP contribution in [0.1, 0.15) is 16.2 Å². The smallest absolute Gasteiger partial charge is 0.170 e. The molecule has 16 heavy (non-hydrogen) atoms. The number of nitrogens with zero attached hydrogens (tertiary/aromatic N) is 1. The molecule has 5 heteroatoms. The van der Waals surface area contributed by atoms with E-state index in [0.717, 1.165) is 0 Å². The van der Waals surface area contributed by atoms with Crippen molar-refractivity contribution in [1.82, 2.24) is 9.97 Å². The van der Waals surface area contributed by atoms with Gasteiger partial charge in [0.2, 0.25) is 0 Å². The third-order valence-electron chi connectivity index (χ3n) is 2.12. The number of ketones is 1. The fourth-order valence-electron chi connectivity index (χ4n) is 1.32. The van der Waals surface area contributed by atoms with E-state index in [0.29, 0.717) is 11.4 Å². The van der Waals surface area contributed by atoms with Crippen molar-refractivity contribution in [2.75, 3.05) is 0 Å². The average Bonchev–Trinajstić information content (AvgIpc) is 2.74. The number of hydrogen-bond acceptors (Lipinski definition) is 2. The maximum Gasteiger partial charge on any atom is 0.170 e. The van der Waals surface area contributed by atoms with E-state index in [4.69, 9.17) is 11.6 Å². The molecule has 1 aromatic heterocycles. The summed E-state index contributed by atoms with van der Waals surface area (Å²) in [6.45, 7) is 0. The number of hydrogen-bond donors (Lipinski definition) is 1. The number of benzene rings is 1. The summed E-state index contributed by atoms with van der Waals surface area (Å²) in [6, 6.07) is 3.91. The standard InChI is InChI=1S/C11H8ClFN2O/c12-8-5-7(1-2-9(8)13)10(16)6-11-14-3-4-15-11/h1-5H,6H2,(H,14,15). The zero-order valence-corrected chi connectivity index (χ0v) is 8.96. The average molecular weight is 239 g/mol. The highest BCUT2D eigenvalue weighted by Gasteiger charge is 2.10. The predicted molar refractivity (Wildman–Crippen MR) is 58.0 cm³/mol. The number of aromatic nitrogens is 2. The van der Waals surface area contributed by atoms with Crippen molar-refractivity contribution in [3.05, 3.63) is 52.8 Å². The van der Waals surface area contributed by atoms with Gasteiger partial charge >= 0.3 is 0 Å². The minimum absolute atomic E-state index is 0.0507. The zero-order valence-electron chi connectivity index (χ0n) is 8.21. The van der Waals surface area contributed by atoms with E-state index < -0.39 is 5.82 Å². The van der Waals surface area contributed by atoms with Crippen molar-refractivity contribution < 1.29 is 9.18 Å². The zero-order chi connectivity index (χ0) is 11.5. The topological polar surface area (TPSA) is 45.8 Å². The molecular weight excluding hydrogens is 231 g/mol. The van der Waals surface area contributed by atoms with Crippen LogP contribution in [-0.2, 0) is 6.42 Å². The van der Waals surface area contributed by atoms with E-state index in [1.807, 2.05) is 0 Å². The first-order valence-corrected chi connectivity index (χ1v) is 5.01. The molecule has 3 nitrogen and oxygen atoms in total. The van der Waals surface area contributed by atoms with E-state index in [2.05, 4.69) is 9.97 Å². The fourth-order valence-corrected chi connectivity index (χ4v) is 1.50. The van der Waals surface area contributed by atoms with Crippen molar-refractivity contribution in [3.63, 3.8) is 0 Å². The van der Waals surface area contributed by atoms with Gasteiger partial charge in [0, 0.05) is 18.0 Å². The third-order valence-corrected chi connectivity index (χ3v) is 2.41. The Kier molecular flexibility index (Phi) is 3.01. The van der Waals surface area contributed by atoms with Crippen molar-refractivity contribution in [2.45, 2.75) is 6.42 Å². The monoisotopic (exact) mass is 238 g/mol. The molecule has 2 rings (SSSR count). The van der Waals surface area contributed by atoms with Gasteiger partial charge in [0.1, 0.15) is 11.6 Å². The van der Waals surface area contributed by atoms with Crippen LogP contribution in [0.3, 0.4) is 0 Å². The van der Waals surface area contributed by atoms with Gasteiger partial charge in [-0.25, -0.2) is 9.37 Å². The van der Waals surface area contributed by atoms with E-state index in [1.54, 1.807) is 12.4 Å². The number of H-pyrrole nitrogens is 1. The molecule has 1 N–H and O–H groups in total. The molecule has 0 saturated heterocycles. The highest BCUT2D eigenvalue weighted by atomic mass is 35.5. The Hall–Kier alpha value is -1.68. The Morgan fingerprint density at radius 2 is 2.31 bits per heavy atom. The number of imidazole rings is 1. The molecule has 0 atom stereocenters. The van der Waals surface area contributed by atoms with Gasteiger partial charge < -0.3 is 4.98 Å². The lowest BCUT2D eigenvalue weighted by atomic mass is 10.1. The lowest BCUT2D eigenvalue weighted by molar-refractivity contribution is 0.0991. The second-order valence-corrected chi connectivity index (χ2v) is 3.67. The Morgan fingerprint density at radius 3 is 2.94 bits per heavy atom. The molecule has 1 aromatic carbocycles. The molecule has 0 spiro atoms. The van der Waals surface area contributed by atoms with Crippen LogP contribution in [0.25, 0.3) is 0 Å². The Morgan fingerprint density at radius 1 is 1.50 bits per heavy atom. The van der Waals surface area contributed by atoms with Gasteiger partial charge in [-0.2, -0.15) is 0 Å². The van der Waals surface area contributed by atoms with Crippen LogP contribution in [0.4, 0.5) is 4.39 Å². The summed E-state index contributed by atoms with van der Waals surface area (Å²) in [7, 11) is 0. The van der Waals surface area contributed by atoms with Crippen LogP contribution in [0.2, 0.25) is 5.02 Å². The molecule has 0 unspecified atom stereocenters. The second kappa shape index (κ2) is 4.45. The maximum absolute atomic E-state index is 12.9. The first-order valence-electron chi connectivity index (χ1n) is 4.63.